The van der Waals surface area contributed by atoms with Crippen LogP contribution < -0.4 is 5.32 Å². The van der Waals surface area contributed by atoms with Gasteiger partial charge in [0.2, 0.25) is 0 Å². The molecule has 20 heavy (non-hydrogen) atoms. The predicted molar refractivity (Wildman–Crippen MR) is 87.2 cm³/mol. The third kappa shape index (κ3) is 5.71. The highest BCUT2D eigenvalue weighted by atomic mass is 15.2. The molecule has 0 saturated carbocycles. The third-order valence-corrected chi connectivity index (χ3v) is 5.06. The average molecular weight is 281 g/mol. The number of nitrogens with zero attached hydrogens (tertiary/aromatic N) is 2. The van der Waals surface area contributed by atoms with Crippen LogP contribution in [0.5, 0.6) is 0 Å². The molecule has 0 radical (unpaired) electrons. The van der Waals surface area contributed by atoms with Gasteiger partial charge in [0, 0.05) is 25.7 Å². The molecule has 1 atom stereocenters. The van der Waals surface area contributed by atoms with E-state index in [9.17, 15) is 0 Å². The molecule has 3 nitrogen and oxygen atoms in total. The van der Waals surface area contributed by atoms with Gasteiger partial charge in [-0.05, 0) is 71.1 Å². The monoisotopic (exact) mass is 281 g/mol. The van der Waals surface area contributed by atoms with Crippen molar-refractivity contribution in [1.82, 2.24) is 15.1 Å². The molecular weight excluding hydrogens is 246 g/mol. The van der Waals surface area contributed by atoms with E-state index in [1.807, 2.05) is 0 Å². The molecule has 0 aromatic carbocycles. The van der Waals surface area contributed by atoms with Crippen molar-refractivity contribution in [2.75, 3.05) is 45.8 Å². The van der Waals surface area contributed by atoms with Gasteiger partial charge in [0.05, 0.1) is 0 Å². The highest BCUT2D eigenvalue weighted by molar-refractivity contribution is 4.77. The van der Waals surface area contributed by atoms with Crippen LogP contribution in [-0.2, 0) is 0 Å². The molecule has 0 aliphatic carbocycles. The minimum Gasteiger partial charge on any atom is -0.313 e. The van der Waals surface area contributed by atoms with Crippen molar-refractivity contribution in [1.29, 1.82) is 0 Å². The zero-order valence-electron chi connectivity index (χ0n) is 13.7. The Bertz CT molecular complexity index is 243. The van der Waals surface area contributed by atoms with Crippen LogP contribution >= 0.6 is 0 Å². The van der Waals surface area contributed by atoms with E-state index < -0.39 is 0 Å². The van der Waals surface area contributed by atoms with E-state index in [0.29, 0.717) is 6.04 Å². The smallest absolute Gasteiger partial charge is 0.0107 e. The third-order valence-electron chi connectivity index (χ3n) is 5.06. The van der Waals surface area contributed by atoms with Gasteiger partial charge in [0.25, 0.3) is 0 Å². The number of hydrogen-bond acceptors (Lipinski definition) is 3. The van der Waals surface area contributed by atoms with E-state index >= 15 is 0 Å². The molecule has 0 bridgehead atoms. The molecule has 118 valence electrons. The summed E-state index contributed by atoms with van der Waals surface area (Å²) in [7, 11) is 0. The molecular formula is C17H35N3. The molecule has 2 aliphatic rings. The maximum absolute atomic E-state index is 3.65. The van der Waals surface area contributed by atoms with E-state index in [-0.39, 0.29) is 0 Å². The molecule has 0 spiro atoms. The van der Waals surface area contributed by atoms with Gasteiger partial charge in [-0.1, -0.05) is 13.3 Å². The van der Waals surface area contributed by atoms with Crippen LogP contribution in [0.25, 0.3) is 0 Å². The number of likely N-dealkylation sites (tertiary alicyclic amines) is 2. The van der Waals surface area contributed by atoms with Crippen LogP contribution in [0.2, 0.25) is 0 Å². The van der Waals surface area contributed by atoms with Crippen molar-refractivity contribution < 1.29 is 0 Å². The standard InChI is InChI=1S/C17H35N3/c1-3-6-16(2)18-9-14-19-12-7-17(8-13-19)15-20-10-4-5-11-20/h16-18H,3-15H2,1-2H3. The Morgan fingerprint density at radius 3 is 2.40 bits per heavy atom. The second kappa shape index (κ2) is 9.01. The molecule has 0 aromatic rings. The summed E-state index contributed by atoms with van der Waals surface area (Å²) < 4.78 is 0. The van der Waals surface area contributed by atoms with E-state index in [1.54, 1.807) is 0 Å². The minimum atomic E-state index is 0.688. The molecule has 1 N–H and O–H groups in total. The fraction of sp³-hybridized carbons (Fsp3) is 1.00. The SMILES string of the molecule is CCCC(C)NCCN1CCC(CN2CCCC2)CC1. The predicted octanol–water partition coefficient (Wildman–Crippen LogP) is 2.57. The van der Waals surface area contributed by atoms with Gasteiger partial charge in [-0.2, -0.15) is 0 Å². The van der Waals surface area contributed by atoms with Crippen LogP contribution in [0.1, 0.15) is 52.4 Å². The second-order valence-corrected chi connectivity index (χ2v) is 6.94. The minimum absolute atomic E-state index is 0.688. The van der Waals surface area contributed by atoms with Crippen LogP contribution in [0.4, 0.5) is 0 Å². The first kappa shape index (κ1) is 16.3. The quantitative estimate of drug-likeness (QED) is 0.738. The van der Waals surface area contributed by atoms with Crippen molar-refractivity contribution in [2.45, 2.75) is 58.4 Å². The first-order valence-electron chi connectivity index (χ1n) is 8.96. The molecule has 2 heterocycles. The number of rotatable bonds is 8. The fourth-order valence-electron chi connectivity index (χ4n) is 3.73. The first-order chi connectivity index (χ1) is 9.78. The van der Waals surface area contributed by atoms with E-state index in [4.69, 9.17) is 0 Å². The van der Waals surface area contributed by atoms with Crippen molar-refractivity contribution >= 4 is 0 Å². The largest absolute Gasteiger partial charge is 0.313 e. The van der Waals surface area contributed by atoms with Gasteiger partial charge >= 0.3 is 0 Å². The lowest BCUT2D eigenvalue weighted by atomic mass is 9.96. The maximum atomic E-state index is 3.65. The van der Waals surface area contributed by atoms with Gasteiger partial charge in [-0.15, -0.1) is 0 Å². The molecule has 2 rings (SSSR count). The molecule has 3 heteroatoms. The van der Waals surface area contributed by atoms with Gasteiger partial charge in [-0.3, -0.25) is 0 Å². The Hall–Kier alpha value is -0.120. The van der Waals surface area contributed by atoms with Crippen LogP contribution in [0, 0.1) is 5.92 Å². The van der Waals surface area contributed by atoms with Crippen LogP contribution in [0.15, 0.2) is 0 Å². The highest BCUT2D eigenvalue weighted by Crippen LogP contribution is 2.20. The van der Waals surface area contributed by atoms with Gasteiger partial charge in [0.1, 0.15) is 0 Å². The Balaban J connectivity index is 1.52. The van der Waals surface area contributed by atoms with Crippen LogP contribution in [0.3, 0.4) is 0 Å². The Morgan fingerprint density at radius 1 is 1.05 bits per heavy atom. The Morgan fingerprint density at radius 2 is 1.75 bits per heavy atom. The van der Waals surface area contributed by atoms with Crippen molar-refractivity contribution in [3.05, 3.63) is 0 Å². The first-order valence-corrected chi connectivity index (χ1v) is 8.96. The van der Waals surface area contributed by atoms with Gasteiger partial charge < -0.3 is 15.1 Å². The average Bonchev–Trinajstić information content (AvgIpc) is 2.94. The molecule has 0 amide bonds. The lowest BCUT2D eigenvalue weighted by Crippen LogP contribution is -2.42. The number of hydrogen-bond donors (Lipinski definition) is 1. The fourth-order valence-corrected chi connectivity index (χ4v) is 3.73. The summed E-state index contributed by atoms with van der Waals surface area (Å²) in [6.07, 6.45) is 8.29. The maximum Gasteiger partial charge on any atom is 0.0107 e. The Labute approximate surface area is 126 Å². The molecule has 2 fully saturated rings. The summed E-state index contributed by atoms with van der Waals surface area (Å²) in [6.45, 7) is 13.7. The number of nitrogens with one attached hydrogen (secondary N) is 1. The zero-order chi connectivity index (χ0) is 14.2. The summed E-state index contributed by atoms with van der Waals surface area (Å²) in [5.41, 5.74) is 0. The van der Waals surface area contributed by atoms with Crippen molar-refractivity contribution in [3.8, 4) is 0 Å². The zero-order valence-corrected chi connectivity index (χ0v) is 13.7. The summed E-state index contributed by atoms with van der Waals surface area (Å²) in [4.78, 5) is 5.35. The molecule has 2 saturated heterocycles. The molecule has 1 unspecified atom stereocenters. The summed E-state index contributed by atoms with van der Waals surface area (Å²) >= 11 is 0. The van der Waals surface area contributed by atoms with Crippen LogP contribution in [-0.4, -0.2) is 61.7 Å². The normalized spacial score (nSPS) is 24.3. The molecule has 0 aromatic heterocycles. The number of piperidine rings is 1. The molecule has 2 aliphatic heterocycles. The lowest BCUT2D eigenvalue weighted by molar-refractivity contribution is 0.153. The summed E-state index contributed by atoms with van der Waals surface area (Å²) in [5, 5.41) is 3.65. The van der Waals surface area contributed by atoms with Gasteiger partial charge in [0.15, 0.2) is 0 Å². The van der Waals surface area contributed by atoms with E-state index in [2.05, 4.69) is 29.0 Å². The van der Waals surface area contributed by atoms with E-state index in [1.165, 1.54) is 77.8 Å². The van der Waals surface area contributed by atoms with Crippen molar-refractivity contribution in [3.63, 3.8) is 0 Å². The topological polar surface area (TPSA) is 18.5 Å². The summed E-state index contributed by atoms with van der Waals surface area (Å²) in [6, 6.07) is 0.688. The van der Waals surface area contributed by atoms with Gasteiger partial charge in [-0.25, -0.2) is 0 Å². The second-order valence-electron chi connectivity index (χ2n) is 6.94. The highest BCUT2D eigenvalue weighted by Gasteiger charge is 2.22. The lowest BCUT2D eigenvalue weighted by Gasteiger charge is -2.34. The van der Waals surface area contributed by atoms with E-state index in [0.717, 1.165) is 12.5 Å². The summed E-state index contributed by atoms with van der Waals surface area (Å²) in [5.74, 6) is 0.969. The van der Waals surface area contributed by atoms with Crippen molar-refractivity contribution in [2.24, 2.45) is 5.92 Å². The Kier molecular flexibility index (Phi) is 7.32.